The van der Waals surface area contributed by atoms with Crippen LogP contribution >= 0.6 is 0 Å². The van der Waals surface area contributed by atoms with Gasteiger partial charge in [-0.15, -0.1) is 0 Å². The topological polar surface area (TPSA) is 52.6 Å². The zero-order chi connectivity index (χ0) is 8.97. The molecule has 0 amide bonds. The Labute approximate surface area is 72.1 Å². The number of rotatable bonds is 2. The Balaban J connectivity index is 2.42. The van der Waals surface area contributed by atoms with Gasteiger partial charge in [0, 0.05) is 0 Å². The minimum absolute atomic E-state index is 0.350. The summed E-state index contributed by atoms with van der Waals surface area (Å²) in [6.45, 7) is 2.56. The van der Waals surface area contributed by atoms with E-state index >= 15 is 0 Å². The fourth-order valence-electron chi connectivity index (χ4n) is 1.38. The normalized spacial score (nSPS) is 25.3. The first-order valence-electron chi connectivity index (χ1n) is 4.36. The molecule has 1 unspecified atom stereocenters. The van der Waals surface area contributed by atoms with Crippen molar-refractivity contribution in [3.8, 4) is 0 Å². The highest BCUT2D eigenvalue weighted by Gasteiger charge is 2.23. The molecule has 4 heteroatoms. The number of piperidine rings is 1. The van der Waals surface area contributed by atoms with E-state index in [9.17, 15) is 10.0 Å². The van der Waals surface area contributed by atoms with Crippen LogP contribution in [0.25, 0.3) is 0 Å². The van der Waals surface area contributed by atoms with E-state index < -0.39 is 6.04 Å². The minimum atomic E-state index is -0.543. The standard InChI is InChI=1S/C8H14NO3/c1-2-12-8(10)7-5-3-4-6-9(7)11/h7H,2-6H2,1H3/q-1. The molecule has 1 saturated heterocycles. The third-order valence-corrected chi connectivity index (χ3v) is 2.01. The molecular weight excluding hydrogens is 158 g/mol. The number of carbonyl (C=O) groups is 1. The van der Waals surface area contributed by atoms with E-state index in [0.717, 1.165) is 17.9 Å². The third-order valence-electron chi connectivity index (χ3n) is 2.01. The van der Waals surface area contributed by atoms with E-state index in [4.69, 9.17) is 4.74 Å². The Kier molecular flexibility index (Phi) is 3.49. The van der Waals surface area contributed by atoms with Gasteiger partial charge in [0.1, 0.15) is 0 Å². The molecule has 0 bridgehead atoms. The number of hydrogen-bond acceptors (Lipinski definition) is 4. The fraction of sp³-hybridized carbons (Fsp3) is 0.875. The second kappa shape index (κ2) is 4.42. The summed E-state index contributed by atoms with van der Waals surface area (Å²) in [7, 11) is 0. The second-order valence-electron chi connectivity index (χ2n) is 2.90. The number of carbonyl (C=O) groups excluding carboxylic acids is 1. The van der Waals surface area contributed by atoms with Crippen molar-refractivity contribution in [2.24, 2.45) is 0 Å². The average molecular weight is 172 g/mol. The summed E-state index contributed by atoms with van der Waals surface area (Å²) >= 11 is 0. The minimum Gasteiger partial charge on any atom is -0.785 e. The predicted octanol–water partition coefficient (Wildman–Crippen LogP) is 0.902. The lowest BCUT2D eigenvalue weighted by Crippen LogP contribution is -2.41. The van der Waals surface area contributed by atoms with Crippen LogP contribution < -0.4 is 0 Å². The van der Waals surface area contributed by atoms with Crippen LogP contribution in [-0.4, -0.2) is 30.2 Å². The Morgan fingerprint density at radius 3 is 3.00 bits per heavy atom. The number of esters is 1. The highest BCUT2D eigenvalue weighted by molar-refractivity contribution is 5.75. The molecule has 0 aromatic carbocycles. The summed E-state index contributed by atoms with van der Waals surface area (Å²) in [6, 6.07) is -0.543. The summed E-state index contributed by atoms with van der Waals surface area (Å²) < 4.78 is 4.77. The van der Waals surface area contributed by atoms with Gasteiger partial charge in [-0.05, 0) is 26.3 Å². The smallest absolute Gasteiger partial charge is 0.322 e. The van der Waals surface area contributed by atoms with Crippen molar-refractivity contribution in [3.05, 3.63) is 5.21 Å². The SMILES string of the molecule is CCOC(=O)C1CCCCN1[O-]. The Hall–Kier alpha value is -0.610. The van der Waals surface area contributed by atoms with Gasteiger partial charge in [-0.25, -0.2) is 0 Å². The van der Waals surface area contributed by atoms with Crippen LogP contribution in [0.4, 0.5) is 0 Å². The molecule has 1 atom stereocenters. The van der Waals surface area contributed by atoms with Crippen LogP contribution in [0.15, 0.2) is 0 Å². The summed E-state index contributed by atoms with van der Waals surface area (Å²) in [5, 5.41) is 12.0. The molecule has 0 aliphatic carbocycles. The summed E-state index contributed by atoms with van der Waals surface area (Å²) in [4.78, 5) is 11.1. The zero-order valence-corrected chi connectivity index (χ0v) is 7.28. The van der Waals surface area contributed by atoms with E-state index in [2.05, 4.69) is 0 Å². The molecule has 70 valence electrons. The Bertz CT molecular complexity index is 160. The Morgan fingerprint density at radius 2 is 2.42 bits per heavy atom. The molecule has 1 fully saturated rings. The van der Waals surface area contributed by atoms with Crippen LogP contribution in [-0.2, 0) is 9.53 Å². The van der Waals surface area contributed by atoms with Gasteiger partial charge >= 0.3 is 5.97 Å². The van der Waals surface area contributed by atoms with Gasteiger partial charge in [0.25, 0.3) is 0 Å². The van der Waals surface area contributed by atoms with Gasteiger partial charge in [-0.2, -0.15) is 0 Å². The van der Waals surface area contributed by atoms with Crippen molar-refractivity contribution in [1.29, 1.82) is 0 Å². The van der Waals surface area contributed by atoms with Crippen molar-refractivity contribution in [3.63, 3.8) is 0 Å². The molecule has 1 heterocycles. The van der Waals surface area contributed by atoms with Gasteiger partial charge < -0.3 is 15.0 Å². The lowest BCUT2D eigenvalue weighted by Gasteiger charge is -2.38. The quantitative estimate of drug-likeness (QED) is 0.581. The zero-order valence-electron chi connectivity index (χ0n) is 7.28. The molecular formula is C8H14NO3-. The number of nitrogens with zero attached hydrogens (tertiary/aromatic N) is 1. The van der Waals surface area contributed by atoms with Crippen molar-refractivity contribution in [2.75, 3.05) is 13.2 Å². The van der Waals surface area contributed by atoms with E-state index in [1.165, 1.54) is 0 Å². The molecule has 1 aliphatic heterocycles. The van der Waals surface area contributed by atoms with Crippen LogP contribution in [0.3, 0.4) is 0 Å². The van der Waals surface area contributed by atoms with Crippen LogP contribution in [0, 0.1) is 5.21 Å². The molecule has 0 radical (unpaired) electrons. The van der Waals surface area contributed by atoms with Gasteiger partial charge in [-0.3, -0.25) is 4.79 Å². The maximum Gasteiger partial charge on any atom is 0.322 e. The van der Waals surface area contributed by atoms with Crippen molar-refractivity contribution in [2.45, 2.75) is 32.2 Å². The summed E-state index contributed by atoms with van der Waals surface area (Å²) in [5.41, 5.74) is 0. The number of hydrogen-bond donors (Lipinski definition) is 0. The summed E-state index contributed by atoms with van der Waals surface area (Å²) in [6.07, 6.45) is 2.48. The first kappa shape index (κ1) is 9.48. The van der Waals surface area contributed by atoms with Crippen molar-refractivity contribution >= 4 is 5.97 Å². The Morgan fingerprint density at radius 1 is 1.67 bits per heavy atom. The second-order valence-corrected chi connectivity index (χ2v) is 2.90. The van der Waals surface area contributed by atoms with Gasteiger partial charge in [0.15, 0.2) is 0 Å². The van der Waals surface area contributed by atoms with E-state index in [1.807, 2.05) is 0 Å². The molecule has 0 aromatic rings. The average Bonchev–Trinajstić information content (AvgIpc) is 2.05. The highest BCUT2D eigenvalue weighted by atomic mass is 16.5. The van der Waals surface area contributed by atoms with Gasteiger partial charge in [0.05, 0.1) is 12.6 Å². The van der Waals surface area contributed by atoms with Crippen LogP contribution in [0.5, 0.6) is 0 Å². The molecule has 0 aromatic heterocycles. The molecule has 0 N–H and O–H groups in total. The van der Waals surface area contributed by atoms with E-state index in [1.54, 1.807) is 6.92 Å². The third kappa shape index (κ3) is 2.19. The maximum absolute atomic E-state index is 11.1. The molecule has 1 rings (SSSR count). The number of ether oxygens (including phenoxy) is 1. The van der Waals surface area contributed by atoms with Gasteiger partial charge in [0.2, 0.25) is 0 Å². The van der Waals surface area contributed by atoms with E-state index in [0.29, 0.717) is 19.6 Å². The van der Waals surface area contributed by atoms with Crippen LogP contribution in [0.2, 0.25) is 0 Å². The summed E-state index contributed by atoms with van der Waals surface area (Å²) in [5.74, 6) is -0.368. The monoisotopic (exact) mass is 172 g/mol. The predicted molar refractivity (Wildman–Crippen MR) is 44.3 cm³/mol. The van der Waals surface area contributed by atoms with Crippen molar-refractivity contribution in [1.82, 2.24) is 5.06 Å². The lowest BCUT2D eigenvalue weighted by atomic mass is 10.1. The van der Waals surface area contributed by atoms with Crippen molar-refractivity contribution < 1.29 is 9.53 Å². The first-order valence-corrected chi connectivity index (χ1v) is 4.36. The molecule has 0 saturated carbocycles. The van der Waals surface area contributed by atoms with E-state index in [-0.39, 0.29) is 5.97 Å². The molecule has 0 spiro atoms. The fourth-order valence-corrected chi connectivity index (χ4v) is 1.38. The molecule has 12 heavy (non-hydrogen) atoms. The maximum atomic E-state index is 11.1. The molecule has 4 nitrogen and oxygen atoms in total. The molecule has 1 aliphatic rings. The number of hydroxylamine groups is 2. The lowest BCUT2D eigenvalue weighted by molar-refractivity contribution is -0.149. The highest BCUT2D eigenvalue weighted by Crippen LogP contribution is 2.16. The largest absolute Gasteiger partial charge is 0.785 e. The van der Waals surface area contributed by atoms with Gasteiger partial charge in [-0.1, -0.05) is 6.42 Å². The first-order chi connectivity index (χ1) is 5.75. The van der Waals surface area contributed by atoms with Crippen LogP contribution in [0.1, 0.15) is 26.2 Å².